The van der Waals surface area contributed by atoms with E-state index in [0.717, 1.165) is 24.3 Å². The second-order valence-electron chi connectivity index (χ2n) is 2.64. The maximum atomic E-state index is 12.5. The Hall–Kier alpha value is -1.69. The lowest BCUT2D eigenvalue weighted by Gasteiger charge is -1.97. The molecule has 0 saturated carbocycles. The third kappa shape index (κ3) is 3.17. The fourth-order valence-electron chi connectivity index (χ4n) is 0.851. The molecule has 0 aliphatic rings. The third-order valence-electron chi connectivity index (χ3n) is 1.53. The largest absolute Gasteiger partial charge is 0.478 e. The van der Waals surface area contributed by atoms with E-state index in [1.165, 1.54) is 0 Å². The number of hydrogen-bond acceptors (Lipinski definition) is 3. The zero-order chi connectivity index (χ0) is 11.5. The predicted molar refractivity (Wildman–Crippen MR) is 50.4 cm³/mol. The minimum atomic E-state index is -3.80. The third-order valence-corrected chi connectivity index (χ3v) is 2.96. The summed E-state index contributed by atoms with van der Waals surface area (Å²) in [4.78, 5) is 9.97. The number of aliphatic carboxylic acids is 1. The summed E-state index contributed by atoms with van der Waals surface area (Å²) < 4.78 is 35.2. The molecule has 0 heterocycles. The van der Waals surface area contributed by atoms with Gasteiger partial charge >= 0.3 is 5.97 Å². The zero-order valence-corrected chi connectivity index (χ0v) is 8.24. The van der Waals surface area contributed by atoms with E-state index in [0.29, 0.717) is 11.5 Å². The highest BCUT2D eigenvalue weighted by molar-refractivity contribution is 7.94. The van der Waals surface area contributed by atoms with Crippen LogP contribution in [0.25, 0.3) is 0 Å². The summed E-state index contributed by atoms with van der Waals surface area (Å²) in [6.07, 6.45) is 0.513. The second kappa shape index (κ2) is 4.22. The van der Waals surface area contributed by atoms with Crippen LogP contribution < -0.4 is 0 Å². The maximum absolute atomic E-state index is 12.5. The van der Waals surface area contributed by atoms with Crippen molar-refractivity contribution in [2.24, 2.45) is 0 Å². The molecule has 4 nitrogen and oxygen atoms in total. The van der Waals surface area contributed by atoms with Crippen molar-refractivity contribution in [3.05, 3.63) is 41.6 Å². The topological polar surface area (TPSA) is 71.4 Å². The van der Waals surface area contributed by atoms with Crippen molar-refractivity contribution in [1.82, 2.24) is 0 Å². The van der Waals surface area contributed by atoms with Crippen molar-refractivity contribution in [2.45, 2.75) is 4.90 Å². The average Bonchev–Trinajstić information content (AvgIpc) is 2.16. The summed E-state index contributed by atoms with van der Waals surface area (Å²) in [6.45, 7) is 0. The van der Waals surface area contributed by atoms with Gasteiger partial charge in [0.05, 0.1) is 4.90 Å². The van der Waals surface area contributed by atoms with Gasteiger partial charge in [-0.05, 0) is 24.3 Å². The molecular formula is C9H7FO4S. The van der Waals surface area contributed by atoms with Gasteiger partial charge in [-0.3, -0.25) is 0 Å². The van der Waals surface area contributed by atoms with E-state index in [2.05, 4.69) is 0 Å². The summed E-state index contributed by atoms with van der Waals surface area (Å²) in [7, 11) is -3.80. The average molecular weight is 230 g/mol. The number of carboxylic acids is 1. The van der Waals surface area contributed by atoms with Crippen LogP contribution in [0.15, 0.2) is 40.6 Å². The molecule has 0 spiro atoms. The number of rotatable bonds is 3. The van der Waals surface area contributed by atoms with E-state index in [4.69, 9.17) is 5.11 Å². The molecule has 0 saturated heterocycles. The van der Waals surface area contributed by atoms with Crippen LogP contribution in [0, 0.1) is 5.82 Å². The fourth-order valence-corrected chi connectivity index (χ4v) is 1.82. The molecule has 0 fully saturated rings. The van der Waals surface area contributed by atoms with E-state index >= 15 is 0 Å². The van der Waals surface area contributed by atoms with Gasteiger partial charge < -0.3 is 5.11 Å². The Morgan fingerprint density at radius 1 is 1.27 bits per heavy atom. The van der Waals surface area contributed by atoms with Crippen molar-refractivity contribution in [3.63, 3.8) is 0 Å². The Morgan fingerprint density at radius 3 is 2.27 bits per heavy atom. The van der Waals surface area contributed by atoms with Crippen LogP contribution in [0.1, 0.15) is 0 Å². The number of carbonyl (C=O) groups is 1. The van der Waals surface area contributed by atoms with Gasteiger partial charge in [0.2, 0.25) is 0 Å². The van der Waals surface area contributed by atoms with Gasteiger partial charge in [0, 0.05) is 11.5 Å². The van der Waals surface area contributed by atoms with E-state index in [1.54, 1.807) is 0 Å². The van der Waals surface area contributed by atoms with E-state index < -0.39 is 21.6 Å². The first-order valence-electron chi connectivity index (χ1n) is 3.83. The Kier molecular flexibility index (Phi) is 3.21. The molecule has 0 aromatic heterocycles. The second-order valence-corrected chi connectivity index (χ2v) is 4.47. The Balaban J connectivity index is 3.07. The number of carboxylic acid groups (broad SMARTS) is 1. The van der Waals surface area contributed by atoms with Crippen molar-refractivity contribution < 1.29 is 22.7 Å². The minimum absolute atomic E-state index is 0.151. The van der Waals surface area contributed by atoms with Gasteiger partial charge in [-0.2, -0.15) is 0 Å². The minimum Gasteiger partial charge on any atom is -0.478 e. The van der Waals surface area contributed by atoms with Gasteiger partial charge in [0.25, 0.3) is 0 Å². The van der Waals surface area contributed by atoms with Crippen LogP contribution in [-0.2, 0) is 14.6 Å². The van der Waals surface area contributed by atoms with Crippen LogP contribution in [0.3, 0.4) is 0 Å². The summed E-state index contributed by atoms with van der Waals surface area (Å²) in [5, 5.41) is 8.81. The van der Waals surface area contributed by atoms with Gasteiger partial charge in [-0.1, -0.05) is 0 Å². The summed E-state index contributed by atoms with van der Waals surface area (Å²) >= 11 is 0. The molecule has 80 valence electrons. The van der Waals surface area contributed by atoms with Crippen LogP contribution in [-0.4, -0.2) is 19.5 Å². The molecular weight excluding hydrogens is 223 g/mol. The fraction of sp³-hybridized carbons (Fsp3) is 0. The molecule has 0 unspecified atom stereocenters. The molecule has 1 N–H and O–H groups in total. The summed E-state index contributed by atoms with van der Waals surface area (Å²) in [5.41, 5.74) is 0. The number of halogens is 1. The molecule has 0 aliphatic heterocycles. The lowest BCUT2D eigenvalue weighted by molar-refractivity contribution is -0.131. The van der Waals surface area contributed by atoms with Crippen LogP contribution in [0.5, 0.6) is 0 Å². The smallest absolute Gasteiger partial charge is 0.329 e. The molecule has 0 aliphatic carbocycles. The molecule has 0 bridgehead atoms. The predicted octanol–water partition coefficient (Wildman–Crippen LogP) is 1.20. The van der Waals surface area contributed by atoms with Gasteiger partial charge in [-0.15, -0.1) is 0 Å². The van der Waals surface area contributed by atoms with Gasteiger partial charge in [0.15, 0.2) is 9.84 Å². The lowest BCUT2D eigenvalue weighted by atomic mass is 10.4. The number of benzene rings is 1. The number of hydrogen-bond donors (Lipinski definition) is 1. The zero-order valence-electron chi connectivity index (χ0n) is 7.42. The lowest BCUT2D eigenvalue weighted by Crippen LogP contribution is -1.98. The first kappa shape index (κ1) is 11.4. The molecule has 1 aromatic carbocycles. The van der Waals surface area contributed by atoms with E-state index in [-0.39, 0.29) is 4.90 Å². The molecule has 15 heavy (non-hydrogen) atoms. The first-order chi connectivity index (χ1) is 6.92. The molecule has 1 rings (SSSR count). The van der Waals surface area contributed by atoms with E-state index in [9.17, 15) is 17.6 Å². The number of sulfone groups is 1. The molecule has 0 atom stereocenters. The summed E-state index contributed by atoms with van der Waals surface area (Å²) in [6, 6.07) is 4.11. The normalized spacial score (nSPS) is 11.8. The van der Waals surface area contributed by atoms with Crippen molar-refractivity contribution in [2.75, 3.05) is 0 Å². The molecule has 0 amide bonds. The Bertz CT molecular complexity index is 487. The van der Waals surface area contributed by atoms with Crippen molar-refractivity contribution >= 4 is 15.8 Å². The maximum Gasteiger partial charge on any atom is 0.329 e. The van der Waals surface area contributed by atoms with Gasteiger partial charge in [-0.25, -0.2) is 17.6 Å². The molecule has 0 radical (unpaired) electrons. The highest BCUT2D eigenvalue weighted by Gasteiger charge is 2.10. The molecule has 1 aromatic rings. The standard InChI is InChI=1S/C9H7FO4S/c10-7-1-3-8(4-2-7)15(13,14)6-5-9(11)12/h1-6H,(H,11,12)/b6-5+. The van der Waals surface area contributed by atoms with Crippen LogP contribution in [0.4, 0.5) is 4.39 Å². The quantitative estimate of drug-likeness (QED) is 0.625. The van der Waals surface area contributed by atoms with Gasteiger partial charge in [0.1, 0.15) is 5.82 Å². The highest BCUT2D eigenvalue weighted by Crippen LogP contribution is 2.12. The Labute approximate surface area is 85.6 Å². The van der Waals surface area contributed by atoms with Crippen molar-refractivity contribution in [1.29, 1.82) is 0 Å². The first-order valence-corrected chi connectivity index (χ1v) is 5.38. The Morgan fingerprint density at radius 2 is 1.80 bits per heavy atom. The SMILES string of the molecule is O=C(O)/C=C/S(=O)(=O)c1ccc(F)cc1. The summed E-state index contributed by atoms with van der Waals surface area (Å²) in [5.74, 6) is -1.92. The van der Waals surface area contributed by atoms with E-state index in [1.807, 2.05) is 0 Å². The monoisotopic (exact) mass is 230 g/mol. The van der Waals surface area contributed by atoms with Crippen LogP contribution in [0.2, 0.25) is 0 Å². The van der Waals surface area contributed by atoms with Crippen molar-refractivity contribution in [3.8, 4) is 0 Å². The highest BCUT2D eigenvalue weighted by atomic mass is 32.2. The molecule has 6 heteroatoms. The van der Waals surface area contributed by atoms with Crippen LogP contribution >= 0.6 is 0 Å².